The highest BCUT2D eigenvalue weighted by Gasteiger charge is 2.24. The average molecular weight is 293 g/mol. The molecule has 2 aromatic rings. The van der Waals surface area contributed by atoms with Crippen LogP contribution in [0.25, 0.3) is 0 Å². The maximum absolute atomic E-state index is 13.5. The van der Waals surface area contributed by atoms with Crippen LogP contribution in [0.4, 0.5) is 22.0 Å². The molecule has 0 N–H and O–H groups in total. The lowest BCUT2D eigenvalue weighted by Crippen LogP contribution is -2.04. The Balaban J connectivity index is 2.56. The van der Waals surface area contributed by atoms with E-state index in [0.29, 0.717) is 6.07 Å². The van der Waals surface area contributed by atoms with Crippen LogP contribution in [0, 0.1) is 29.1 Å². The maximum Gasteiger partial charge on any atom is 0.161 e. The molecule has 0 saturated heterocycles. The van der Waals surface area contributed by atoms with Crippen molar-refractivity contribution in [1.29, 1.82) is 0 Å². The summed E-state index contributed by atoms with van der Waals surface area (Å²) in [6, 6.07) is 3.74. The molecule has 100 valence electrons. The zero-order valence-electron chi connectivity index (χ0n) is 9.23. The third-order valence-electron chi connectivity index (χ3n) is 2.57. The predicted octanol–water partition coefficient (Wildman–Crippen LogP) is 4.71. The van der Waals surface area contributed by atoms with Gasteiger partial charge in [0.15, 0.2) is 11.6 Å². The minimum atomic E-state index is -1.60. The molecular formula is C13H6ClF5. The summed E-state index contributed by atoms with van der Waals surface area (Å²) >= 11 is 5.76. The topological polar surface area (TPSA) is 0 Å². The van der Waals surface area contributed by atoms with Crippen LogP contribution in [0.3, 0.4) is 0 Å². The molecule has 6 heteroatoms. The molecular weight excluding hydrogens is 287 g/mol. The van der Waals surface area contributed by atoms with E-state index in [1.807, 2.05) is 0 Å². The van der Waals surface area contributed by atoms with Crippen molar-refractivity contribution in [1.82, 2.24) is 0 Å². The highest BCUT2D eigenvalue weighted by atomic mass is 35.5. The molecule has 0 aliphatic rings. The smallest absolute Gasteiger partial charge is 0.161 e. The summed E-state index contributed by atoms with van der Waals surface area (Å²) in [5.41, 5.74) is -1.15. The monoisotopic (exact) mass is 292 g/mol. The van der Waals surface area contributed by atoms with Crippen molar-refractivity contribution >= 4 is 11.6 Å². The third kappa shape index (κ3) is 2.56. The lowest BCUT2D eigenvalue weighted by molar-refractivity contribution is 0.489. The third-order valence-corrected chi connectivity index (χ3v) is 3.02. The molecule has 0 aliphatic heterocycles. The highest BCUT2D eigenvalue weighted by molar-refractivity contribution is 6.22. The van der Waals surface area contributed by atoms with Gasteiger partial charge >= 0.3 is 0 Å². The number of hydrogen-bond acceptors (Lipinski definition) is 0. The van der Waals surface area contributed by atoms with Gasteiger partial charge in [0, 0.05) is 17.2 Å². The Morgan fingerprint density at radius 2 is 1.26 bits per heavy atom. The Labute approximate surface area is 110 Å². The number of alkyl halides is 1. The van der Waals surface area contributed by atoms with Crippen LogP contribution < -0.4 is 0 Å². The molecule has 0 fully saturated rings. The molecule has 0 spiro atoms. The lowest BCUT2D eigenvalue weighted by Gasteiger charge is -2.13. The first kappa shape index (κ1) is 13.8. The van der Waals surface area contributed by atoms with Gasteiger partial charge in [0.2, 0.25) is 0 Å². The highest BCUT2D eigenvalue weighted by Crippen LogP contribution is 2.34. The average Bonchev–Trinajstić information content (AvgIpc) is 2.33. The zero-order chi connectivity index (χ0) is 14.2. The molecule has 2 rings (SSSR count). The summed E-state index contributed by atoms with van der Waals surface area (Å²) in [6.45, 7) is 0. The van der Waals surface area contributed by atoms with Crippen molar-refractivity contribution in [3.63, 3.8) is 0 Å². The standard InChI is InChI=1S/C13H6ClF5/c14-13(12-7(15)2-1-3-8(12)16)6-4-10(18)11(19)5-9(6)17/h1-5,13H. The minimum absolute atomic E-state index is 0.277. The van der Waals surface area contributed by atoms with Crippen molar-refractivity contribution < 1.29 is 22.0 Å². The van der Waals surface area contributed by atoms with Crippen LogP contribution in [0.1, 0.15) is 16.5 Å². The Morgan fingerprint density at radius 1 is 0.737 bits per heavy atom. The van der Waals surface area contributed by atoms with E-state index in [4.69, 9.17) is 11.6 Å². The summed E-state index contributed by atoms with van der Waals surface area (Å²) in [5, 5.41) is -1.60. The van der Waals surface area contributed by atoms with Gasteiger partial charge in [-0.1, -0.05) is 6.07 Å². The van der Waals surface area contributed by atoms with E-state index in [9.17, 15) is 22.0 Å². The van der Waals surface area contributed by atoms with Gasteiger partial charge in [0.1, 0.15) is 17.5 Å². The van der Waals surface area contributed by atoms with E-state index in [0.717, 1.165) is 18.2 Å². The second-order valence-corrected chi connectivity index (χ2v) is 4.22. The van der Waals surface area contributed by atoms with E-state index in [1.54, 1.807) is 0 Å². The van der Waals surface area contributed by atoms with Gasteiger partial charge in [-0.05, 0) is 18.2 Å². The fraction of sp³-hybridized carbons (Fsp3) is 0.0769. The molecule has 0 amide bonds. The molecule has 0 aliphatic carbocycles. The first-order valence-electron chi connectivity index (χ1n) is 5.14. The van der Waals surface area contributed by atoms with Crippen LogP contribution in [-0.2, 0) is 0 Å². The zero-order valence-corrected chi connectivity index (χ0v) is 9.99. The molecule has 1 atom stereocenters. The van der Waals surface area contributed by atoms with E-state index < -0.39 is 45.6 Å². The summed E-state index contributed by atoms with van der Waals surface area (Å²) in [4.78, 5) is 0. The Morgan fingerprint density at radius 3 is 1.84 bits per heavy atom. The number of benzene rings is 2. The van der Waals surface area contributed by atoms with E-state index in [2.05, 4.69) is 0 Å². The fourth-order valence-electron chi connectivity index (χ4n) is 1.64. The van der Waals surface area contributed by atoms with Gasteiger partial charge in [-0.2, -0.15) is 0 Å². The van der Waals surface area contributed by atoms with Crippen LogP contribution >= 0.6 is 11.6 Å². The molecule has 2 aromatic carbocycles. The van der Waals surface area contributed by atoms with Crippen molar-refractivity contribution in [2.24, 2.45) is 0 Å². The molecule has 19 heavy (non-hydrogen) atoms. The van der Waals surface area contributed by atoms with Crippen LogP contribution in [0.2, 0.25) is 0 Å². The quantitative estimate of drug-likeness (QED) is 0.427. The molecule has 0 radical (unpaired) electrons. The Kier molecular flexibility index (Phi) is 3.75. The van der Waals surface area contributed by atoms with Crippen molar-refractivity contribution in [2.45, 2.75) is 5.38 Å². The van der Waals surface area contributed by atoms with E-state index >= 15 is 0 Å². The fourth-order valence-corrected chi connectivity index (χ4v) is 2.02. The molecule has 0 heterocycles. The summed E-state index contributed by atoms with van der Waals surface area (Å²) in [7, 11) is 0. The second-order valence-electron chi connectivity index (χ2n) is 3.79. The van der Waals surface area contributed by atoms with Crippen LogP contribution in [-0.4, -0.2) is 0 Å². The SMILES string of the molecule is Fc1cc(F)c(C(Cl)c2c(F)cccc2F)cc1F. The molecule has 0 bridgehead atoms. The Hall–Kier alpha value is -1.62. The lowest BCUT2D eigenvalue weighted by atomic mass is 10.0. The number of rotatable bonds is 2. The van der Waals surface area contributed by atoms with E-state index in [1.165, 1.54) is 0 Å². The van der Waals surface area contributed by atoms with Gasteiger partial charge in [0.25, 0.3) is 0 Å². The predicted molar refractivity (Wildman–Crippen MR) is 60.4 cm³/mol. The second kappa shape index (κ2) is 5.17. The largest absolute Gasteiger partial charge is 0.207 e. The first-order chi connectivity index (χ1) is 8.91. The molecule has 1 unspecified atom stereocenters. The van der Waals surface area contributed by atoms with Crippen molar-refractivity contribution in [2.75, 3.05) is 0 Å². The number of hydrogen-bond donors (Lipinski definition) is 0. The van der Waals surface area contributed by atoms with Crippen LogP contribution in [0.15, 0.2) is 30.3 Å². The summed E-state index contributed by atoms with van der Waals surface area (Å²) in [6.07, 6.45) is 0. The molecule has 0 nitrogen and oxygen atoms in total. The molecule has 0 saturated carbocycles. The maximum atomic E-state index is 13.5. The summed E-state index contributed by atoms with van der Waals surface area (Å²) in [5.74, 6) is -5.92. The van der Waals surface area contributed by atoms with Crippen molar-refractivity contribution in [3.05, 3.63) is 70.5 Å². The van der Waals surface area contributed by atoms with Gasteiger partial charge in [-0.25, -0.2) is 22.0 Å². The molecule has 0 aromatic heterocycles. The summed E-state index contributed by atoms with van der Waals surface area (Å²) < 4.78 is 66.3. The minimum Gasteiger partial charge on any atom is -0.207 e. The van der Waals surface area contributed by atoms with Crippen molar-refractivity contribution in [3.8, 4) is 0 Å². The number of halogens is 6. The van der Waals surface area contributed by atoms with Gasteiger partial charge in [-0.3, -0.25) is 0 Å². The van der Waals surface area contributed by atoms with E-state index in [-0.39, 0.29) is 6.07 Å². The van der Waals surface area contributed by atoms with Crippen LogP contribution in [0.5, 0.6) is 0 Å². The van der Waals surface area contributed by atoms with Gasteiger partial charge in [-0.15, -0.1) is 11.6 Å². The normalized spacial score (nSPS) is 12.5. The Bertz CT molecular complexity index is 606. The first-order valence-corrected chi connectivity index (χ1v) is 5.58. The van der Waals surface area contributed by atoms with Gasteiger partial charge in [0.05, 0.1) is 5.38 Å². The van der Waals surface area contributed by atoms with Gasteiger partial charge < -0.3 is 0 Å².